The quantitative estimate of drug-likeness (QED) is 0.412. The van der Waals surface area contributed by atoms with Gasteiger partial charge in [-0.2, -0.15) is 4.31 Å². The van der Waals surface area contributed by atoms with Gasteiger partial charge in [-0.3, -0.25) is 4.79 Å². The summed E-state index contributed by atoms with van der Waals surface area (Å²) in [5, 5.41) is 11.2. The number of benzene rings is 2. The zero-order chi connectivity index (χ0) is 24.7. The first-order valence-corrected chi connectivity index (χ1v) is 14.2. The molecule has 1 atom stereocenters. The summed E-state index contributed by atoms with van der Waals surface area (Å²) >= 11 is 1.15. The fourth-order valence-corrected chi connectivity index (χ4v) is 6.17. The maximum Gasteiger partial charge on any atom is 0.277 e. The van der Waals surface area contributed by atoms with Gasteiger partial charge in [0, 0.05) is 25.2 Å². The molecule has 0 radical (unpaired) electrons. The first kappa shape index (κ1) is 25.4. The van der Waals surface area contributed by atoms with E-state index in [1.54, 1.807) is 22.5 Å². The van der Waals surface area contributed by atoms with Gasteiger partial charge >= 0.3 is 0 Å². The Morgan fingerprint density at radius 3 is 2.54 bits per heavy atom. The average molecular weight is 515 g/mol. The molecule has 2 aromatic carbocycles. The van der Waals surface area contributed by atoms with Gasteiger partial charge in [0.05, 0.1) is 10.6 Å². The predicted octanol–water partition coefficient (Wildman–Crippen LogP) is 4.71. The highest BCUT2D eigenvalue weighted by Gasteiger charge is 2.25. The van der Waals surface area contributed by atoms with Gasteiger partial charge in [-0.15, -0.1) is 10.2 Å². The molecule has 186 valence electrons. The van der Waals surface area contributed by atoms with E-state index in [2.05, 4.69) is 34.6 Å². The normalized spacial score (nSPS) is 15.9. The van der Waals surface area contributed by atoms with E-state index in [1.165, 1.54) is 11.6 Å². The topological polar surface area (TPSA) is 105 Å². The maximum atomic E-state index is 13.0. The molecular weight excluding hydrogens is 484 g/mol. The molecule has 1 saturated heterocycles. The third kappa shape index (κ3) is 6.93. The van der Waals surface area contributed by atoms with Gasteiger partial charge in [0.2, 0.25) is 21.8 Å². The van der Waals surface area contributed by atoms with Gasteiger partial charge in [-0.1, -0.05) is 67.9 Å². The van der Waals surface area contributed by atoms with Gasteiger partial charge < -0.3 is 9.73 Å². The second kappa shape index (κ2) is 11.8. The Bertz CT molecular complexity index is 1220. The third-order valence-corrected chi connectivity index (χ3v) is 8.66. The molecule has 0 bridgehead atoms. The number of carbonyl (C=O) groups is 1. The fourth-order valence-electron chi connectivity index (χ4n) is 4.03. The van der Waals surface area contributed by atoms with Crippen LogP contribution in [0.2, 0.25) is 0 Å². The number of aromatic nitrogens is 2. The number of carbonyl (C=O) groups excluding carboxylic acids is 1. The number of anilines is 1. The van der Waals surface area contributed by atoms with Crippen LogP contribution in [0, 0.1) is 0 Å². The summed E-state index contributed by atoms with van der Waals surface area (Å²) in [4.78, 5) is 12.7. The molecule has 1 amide bonds. The smallest absolute Gasteiger partial charge is 0.277 e. The van der Waals surface area contributed by atoms with E-state index in [4.69, 9.17) is 4.42 Å². The van der Waals surface area contributed by atoms with Crippen LogP contribution in [0.3, 0.4) is 0 Å². The molecule has 1 aliphatic rings. The molecular formula is C25H30N4O4S2. The van der Waals surface area contributed by atoms with E-state index in [0.717, 1.165) is 37.4 Å². The van der Waals surface area contributed by atoms with E-state index in [-0.39, 0.29) is 22.5 Å². The lowest BCUT2D eigenvalue weighted by Crippen LogP contribution is -2.32. The number of hydrogen-bond donors (Lipinski definition) is 1. The monoisotopic (exact) mass is 514 g/mol. The number of rotatable bonds is 9. The molecule has 8 nitrogen and oxygen atoms in total. The van der Waals surface area contributed by atoms with Crippen molar-refractivity contribution in [2.24, 2.45) is 0 Å². The summed E-state index contributed by atoms with van der Waals surface area (Å²) < 4.78 is 33.3. The molecule has 1 aromatic heterocycles. The van der Waals surface area contributed by atoms with E-state index in [9.17, 15) is 13.2 Å². The second-order valence-electron chi connectivity index (χ2n) is 8.66. The Kier molecular flexibility index (Phi) is 8.59. The minimum absolute atomic E-state index is 0.0684. The van der Waals surface area contributed by atoms with Crippen LogP contribution < -0.4 is 5.32 Å². The Morgan fingerprint density at radius 1 is 1.06 bits per heavy atom. The number of sulfonamides is 1. The van der Waals surface area contributed by atoms with Crippen LogP contribution in [0.5, 0.6) is 0 Å². The number of amides is 1. The summed E-state index contributed by atoms with van der Waals surface area (Å²) in [7, 11) is -3.58. The van der Waals surface area contributed by atoms with Crippen molar-refractivity contribution in [3.63, 3.8) is 0 Å². The standard InChI is InChI=1S/C25H30N4O4S2/c1-19(20-10-5-4-6-11-20)16-24-27-28-25(33-24)34-18-23(30)26-21-12-9-13-22(17-21)35(31,32)29-14-7-2-3-8-15-29/h4-6,9-13,17,19H,2-3,7-8,14-16,18H2,1H3,(H,26,30). The van der Waals surface area contributed by atoms with Crippen molar-refractivity contribution in [2.45, 2.75) is 55.1 Å². The van der Waals surface area contributed by atoms with Gasteiger partial charge in [0.25, 0.3) is 5.22 Å². The summed E-state index contributed by atoms with van der Waals surface area (Å²) in [6, 6.07) is 16.5. The molecule has 35 heavy (non-hydrogen) atoms. The van der Waals surface area contributed by atoms with Crippen molar-refractivity contribution in [2.75, 3.05) is 24.2 Å². The molecule has 0 saturated carbocycles. The molecule has 4 rings (SSSR count). The molecule has 0 aliphatic carbocycles. The zero-order valence-corrected chi connectivity index (χ0v) is 21.4. The van der Waals surface area contributed by atoms with Crippen molar-refractivity contribution in [1.29, 1.82) is 0 Å². The van der Waals surface area contributed by atoms with Crippen LogP contribution in [0.4, 0.5) is 5.69 Å². The highest BCUT2D eigenvalue weighted by atomic mass is 32.2. The second-order valence-corrected chi connectivity index (χ2v) is 11.5. The fraction of sp³-hybridized carbons (Fsp3) is 0.400. The van der Waals surface area contributed by atoms with Gasteiger partial charge in [0.1, 0.15) is 0 Å². The van der Waals surface area contributed by atoms with Crippen LogP contribution in [-0.4, -0.2) is 47.7 Å². The molecule has 1 N–H and O–H groups in total. The first-order valence-electron chi connectivity index (χ1n) is 11.8. The molecule has 1 unspecified atom stereocenters. The summed E-state index contributed by atoms with van der Waals surface area (Å²) in [6.45, 7) is 3.17. The number of hydrogen-bond acceptors (Lipinski definition) is 7. The molecule has 1 aliphatic heterocycles. The van der Waals surface area contributed by atoms with Gasteiger partial charge in [-0.25, -0.2) is 8.42 Å². The van der Waals surface area contributed by atoms with Crippen LogP contribution in [0.1, 0.15) is 50.0 Å². The van der Waals surface area contributed by atoms with Crippen LogP contribution >= 0.6 is 11.8 Å². The van der Waals surface area contributed by atoms with E-state index >= 15 is 0 Å². The van der Waals surface area contributed by atoms with Crippen molar-refractivity contribution < 1.29 is 17.6 Å². The van der Waals surface area contributed by atoms with Crippen LogP contribution in [-0.2, 0) is 21.2 Å². The lowest BCUT2D eigenvalue weighted by molar-refractivity contribution is -0.113. The summed E-state index contributed by atoms with van der Waals surface area (Å²) in [6.07, 6.45) is 4.45. The Balaban J connectivity index is 1.31. The lowest BCUT2D eigenvalue weighted by atomic mass is 9.98. The Labute approximate surface area is 210 Å². The zero-order valence-electron chi connectivity index (χ0n) is 19.7. The molecule has 10 heteroatoms. The Morgan fingerprint density at radius 2 is 1.80 bits per heavy atom. The molecule has 0 spiro atoms. The minimum atomic E-state index is -3.58. The summed E-state index contributed by atoms with van der Waals surface area (Å²) in [5.74, 6) is 0.543. The van der Waals surface area contributed by atoms with E-state index < -0.39 is 10.0 Å². The van der Waals surface area contributed by atoms with E-state index in [1.807, 2.05) is 18.2 Å². The number of thioether (sulfide) groups is 1. The predicted molar refractivity (Wildman–Crippen MR) is 136 cm³/mol. The number of nitrogens with one attached hydrogen (secondary N) is 1. The Hall–Kier alpha value is -2.69. The molecule has 3 aromatic rings. The van der Waals surface area contributed by atoms with Crippen LogP contribution in [0.15, 0.2) is 69.1 Å². The number of nitrogens with zero attached hydrogens (tertiary/aromatic N) is 3. The van der Waals surface area contributed by atoms with E-state index in [0.29, 0.717) is 36.3 Å². The lowest BCUT2D eigenvalue weighted by Gasteiger charge is -2.20. The maximum absolute atomic E-state index is 13.0. The first-order chi connectivity index (χ1) is 16.9. The van der Waals surface area contributed by atoms with Crippen LogP contribution in [0.25, 0.3) is 0 Å². The average Bonchev–Trinajstić information content (AvgIpc) is 3.12. The van der Waals surface area contributed by atoms with Gasteiger partial charge in [0.15, 0.2) is 0 Å². The van der Waals surface area contributed by atoms with Crippen molar-refractivity contribution in [3.05, 3.63) is 66.1 Å². The van der Waals surface area contributed by atoms with Crippen molar-refractivity contribution in [1.82, 2.24) is 14.5 Å². The SMILES string of the molecule is CC(Cc1nnc(SCC(=O)Nc2cccc(S(=O)(=O)N3CCCCCC3)c2)o1)c1ccccc1. The molecule has 2 heterocycles. The highest BCUT2D eigenvalue weighted by Crippen LogP contribution is 2.24. The van der Waals surface area contributed by atoms with Gasteiger partial charge in [-0.05, 0) is 42.5 Å². The van der Waals surface area contributed by atoms with Crippen molar-refractivity contribution in [3.8, 4) is 0 Å². The summed E-state index contributed by atoms with van der Waals surface area (Å²) in [5.41, 5.74) is 1.63. The highest BCUT2D eigenvalue weighted by molar-refractivity contribution is 7.99. The van der Waals surface area contributed by atoms with Crippen molar-refractivity contribution >= 4 is 33.4 Å². The molecule has 1 fully saturated rings. The minimum Gasteiger partial charge on any atom is -0.416 e. The largest absolute Gasteiger partial charge is 0.416 e. The third-order valence-electron chi connectivity index (χ3n) is 5.95.